The second-order valence-electron chi connectivity index (χ2n) is 8.92. The summed E-state index contributed by atoms with van der Waals surface area (Å²) in [6.45, 7) is 4.42. The number of furan rings is 1. The molecule has 1 saturated heterocycles. The van der Waals surface area contributed by atoms with E-state index in [-0.39, 0.29) is 18.2 Å². The van der Waals surface area contributed by atoms with E-state index in [0.29, 0.717) is 13.0 Å². The third kappa shape index (κ3) is 5.03. The van der Waals surface area contributed by atoms with Crippen molar-refractivity contribution >= 4 is 28.5 Å². The average molecular weight is 447 g/mol. The number of anilines is 1. The highest BCUT2D eigenvalue weighted by Gasteiger charge is 2.19. The standard InChI is InChI=1S/C26H30N4O3/c31-25(9-10-29-11-13-30(14-12-29)22-7-2-1-3-8-22)27-28-26(32)17-21-18-33-24-16-20-6-4-5-19(20)15-23(21)24/h1-3,7-8,15-16,18H,4-6,9-14,17H2,(H,27,31)(H,28,32). The Morgan fingerprint density at radius 2 is 1.64 bits per heavy atom. The zero-order valence-corrected chi connectivity index (χ0v) is 18.8. The molecule has 172 valence electrons. The molecule has 1 aliphatic heterocycles. The van der Waals surface area contributed by atoms with Gasteiger partial charge in [-0.2, -0.15) is 0 Å². The summed E-state index contributed by atoms with van der Waals surface area (Å²) in [4.78, 5) is 29.3. The van der Waals surface area contributed by atoms with E-state index >= 15 is 0 Å². The highest BCUT2D eigenvalue weighted by atomic mass is 16.3. The number of hydrazine groups is 1. The number of para-hydroxylation sites is 1. The van der Waals surface area contributed by atoms with Gasteiger partial charge >= 0.3 is 0 Å². The van der Waals surface area contributed by atoms with Crippen LogP contribution in [0.1, 0.15) is 29.5 Å². The minimum atomic E-state index is -0.247. The van der Waals surface area contributed by atoms with Gasteiger partial charge in [0.2, 0.25) is 11.8 Å². The molecule has 33 heavy (non-hydrogen) atoms. The Morgan fingerprint density at radius 1 is 0.909 bits per heavy atom. The van der Waals surface area contributed by atoms with Crippen LogP contribution in [0.4, 0.5) is 5.69 Å². The first kappa shape index (κ1) is 21.5. The van der Waals surface area contributed by atoms with Crippen LogP contribution >= 0.6 is 0 Å². The fraction of sp³-hybridized carbons (Fsp3) is 0.385. The third-order valence-corrected chi connectivity index (χ3v) is 6.71. The predicted molar refractivity (Wildman–Crippen MR) is 128 cm³/mol. The van der Waals surface area contributed by atoms with E-state index in [1.54, 1.807) is 6.26 Å². The predicted octanol–water partition coefficient (Wildman–Crippen LogP) is 2.82. The maximum Gasteiger partial charge on any atom is 0.242 e. The van der Waals surface area contributed by atoms with Crippen LogP contribution in [0.25, 0.3) is 11.0 Å². The number of amides is 2. The number of rotatable bonds is 6. The molecular weight excluding hydrogens is 416 g/mol. The van der Waals surface area contributed by atoms with Gasteiger partial charge in [0.1, 0.15) is 5.58 Å². The van der Waals surface area contributed by atoms with E-state index in [1.165, 1.54) is 23.2 Å². The summed E-state index contributed by atoms with van der Waals surface area (Å²) in [5, 5.41) is 0.992. The Bertz CT molecular complexity index is 1130. The minimum Gasteiger partial charge on any atom is -0.464 e. The van der Waals surface area contributed by atoms with Crippen LogP contribution in [-0.4, -0.2) is 49.4 Å². The van der Waals surface area contributed by atoms with Crippen LogP contribution < -0.4 is 15.8 Å². The first-order valence-electron chi connectivity index (χ1n) is 11.8. The summed E-state index contributed by atoms with van der Waals surface area (Å²) in [6, 6.07) is 14.7. The van der Waals surface area contributed by atoms with Crippen LogP contribution in [0.5, 0.6) is 0 Å². The van der Waals surface area contributed by atoms with Crippen molar-refractivity contribution < 1.29 is 14.0 Å². The maximum atomic E-state index is 12.4. The van der Waals surface area contributed by atoms with Gasteiger partial charge < -0.3 is 9.32 Å². The first-order valence-corrected chi connectivity index (χ1v) is 11.8. The third-order valence-electron chi connectivity index (χ3n) is 6.71. The Balaban J connectivity index is 1.04. The summed E-state index contributed by atoms with van der Waals surface area (Å²) >= 11 is 0. The Labute approximate surface area is 193 Å². The maximum absolute atomic E-state index is 12.4. The Kier molecular flexibility index (Phi) is 6.30. The normalized spacial score (nSPS) is 16.1. The van der Waals surface area contributed by atoms with Gasteiger partial charge in [-0.25, -0.2) is 0 Å². The summed E-state index contributed by atoms with van der Waals surface area (Å²) in [6.07, 6.45) is 5.53. The van der Waals surface area contributed by atoms with Crippen molar-refractivity contribution in [3.05, 3.63) is 65.4 Å². The van der Waals surface area contributed by atoms with E-state index in [9.17, 15) is 9.59 Å². The molecule has 7 nitrogen and oxygen atoms in total. The van der Waals surface area contributed by atoms with Gasteiger partial charge in [0.05, 0.1) is 12.7 Å². The van der Waals surface area contributed by atoms with Crippen molar-refractivity contribution in [2.75, 3.05) is 37.6 Å². The highest BCUT2D eigenvalue weighted by molar-refractivity contribution is 5.89. The average Bonchev–Trinajstić information content (AvgIpc) is 3.47. The van der Waals surface area contributed by atoms with Crippen molar-refractivity contribution in [3.8, 4) is 0 Å². The quantitative estimate of drug-likeness (QED) is 0.570. The number of piperazine rings is 1. The van der Waals surface area contributed by atoms with Crippen molar-refractivity contribution in [3.63, 3.8) is 0 Å². The molecule has 3 aromatic rings. The molecule has 1 aliphatic carbocycles. The number of hydrogen-bond acceptors (Lipinski definition) is 5. The molecular formula is C26H30N4O3. The summed E-state index contributed by atoms with van der Waals surface area (Å²) in [5.41, 5.74) is 10.7. The largest absolute Gasteiger partial charge is 0.464 e. The van der Waals surface area contributed by atoms with Gasteiger partial charge in [0.15, 0.2) is 0 Å². The second-order valence-corrected chi connectivity index (χ2v) is 8.92. The van der Waals surface area contributed by atoms with Gasteiger partial charge in [0.25, 0.3) is 0 Å². The minimum absolute atomic E-state index is 0.174. The van der Waals surface area contributed by atoms with Crippen LogP contribution in [-0.2, 0) is 28.9 Å². The number of fused-ring (bicyclic) bond motifs is 2. The molecule has 0 bridgehead atoms. The van der Waals surface area contributed by atoms with Crippen LogP contribution in [0.2, 0.25) is 0 Å². The molecule has 1 fully saturated rings. The van der Waals surface area contributed by atoms with Gasteiger partial charge in [-0.3, -0.25) is 25.3 Å². The molecule has 2 heterocycles. The molecule has 2 aliphatic rings. The SMILES string of the molecule is O=C(CCN1CCN(c2ccccc2)CC1)NNC(=O)Cc1coc2cc3c(cc12)CCC3. The summed E-state index contributed by atoms with van der Waals surface area (Å²) in [5.74, 6) is -0.424. The molecule has 0 spiro atoms. The number of hydrogen-bond donors (Lipinski definition) is 2. The second kappa shape index (κ2) is 9.67. The lowest BCUT2D eigenvalue weighted by Gasteiger charge is -2.36. The number of nitrogens with one attached hydrogen (secondary N) is 2. The topological polar surface area (TPSA) is 77.8 Å². The van der Waals surface area contributed by atoms with Crippen molar-refractivity contribution in [2.45, 2.75) is 32.1 Å². The fourth-order valence-electron chi connectivity index (χ4n) is 4.83. The number of carbonyl (C=O) groups is 2. The van der Waals surface area contributed by atoms with Crippen LogP contribution in [0.15, 0.2) is 53.1 Å². The van der Waals surface area contributed by atoms with E-state index in [0.717, 1.165) is 55.6 Å². The molecule has 2 amide bonds. The van der Waals surface area contributed by atoms with E-state index in [4.69, 9.17) is 4.42 Å². The van der Waals surface area contributed by atoms with Crippen molar-refractivity contribution in [1.82, 2.24) is 15.8 Å². The molecule has 0 radical (unpaired) electrons. The monoisotopic (exact) mass is 446 g/mol. The number of benzene rings is 2. The smallest absolute Gasteiger partial charge is 0.242 e. The van der Waals surface area contributed by atoms with Crippen molar-refractivity contribution in [2.24, 2.45) is 0 Å². The van der Waals surface area contributed by atoms with Gasteiger partial charge in [0, 0.05) is 55.8 Å². The van der Waals surface area contributed by atoms with Gasteiger partial charge in [-0.15, -0.1) is 0 Å². The van der Waals surface area contributed by atoms with E-state index < -0.39 is 0 Å². The zero-order chi connectivity index (χ0) is 22.6. The zero-order valence-electron chi connectivity index (χ0n) is 18.8. The van der Waals surface area contributed by atoms with E-state index in [1.807, 2.05) is 6.07 Å². The molecule has 2 aromatic carbocycles. The highest BCUT2D eigenvalue weighted by Crippen LogP contribution is 2.30. The lowest BCUT2D eigenvalue weighted by Crippen LogP contribution is -2.48. The molecule has 0 atom stereocenters. The van der Waals surface area contributed by atoms with E-state index in [2.05, 4.69) is 57.0 Å². The number of aryl methyl sites for hydroxylation is 2. The molecule has 2 N–H and O–H groups in total. The molecule has 7 heteroatoms. The Hall–Kier alpha value is -3.32. The molecule has 0 unspecified atom stereocenters. The van der Waals surface area contributed by atoms with Gasteiger partial charge in [-0.05, 0) is 54.7 Å². The van der Waals surface area contributed by atoms with Crippen LogP contribution in [0.3, 0.4) is 0 Å². The number of nitrogens with zero attached hydrogens (tertiary/aromatic N) is 2. The first-order chi connectivity index (χ1) is 16.2. The van der Waals surface area contributed by atoms with Gasteiger partial charge in [-0.1, -0.05) is 18.2 Å². The summed E-state index contributed by atoms with van der Waals surface area (Å²) < 4.78 is 5.67. The number of carbonyl (C=O) groups excluding carboxylic acids is 2. The molecule has 0 saturated carbocycles. The van der Waals surface area contributed by atoms with Crippen LogP contribution in [0, 0.1) is 0 Å². The van der Waals surface area contributed by atoms with Crippen molar-refractivity contribution in [1.29, 1.82) is 0 Å². The molecule has 5 rings (SSSR count). The Morgan fingerprint density at radius 3 is 2.42 bits per heavy atom. The lowest BCUT2D eigenvalue weighted by atomic mass is 10.0. The fourth-order valence-corrected chi connectivity index (χ4v) is 4.83. The molecule has 1 aromatic heterocycles. The lowest BCUT2D eigenvalue weighted by molar-refractivity contribution is -0.128. The summed E-state index contributed by atoms with van der Waals surface area (Å²) in [7, 11) is 0.